The number of ether oxygens (including phenoxy) is 2. The maximum Gasteiger partial charge on any atom is 0.254 e. The van der Waals surface area contributed by atoms with Gasteiger partial charge in [-0.1, -0.05) is 18.2 Å². The van der Waals surface area contributed by atoms with Crippen LogP contribution >= 0.6 is 0 Å². The molecule has 0 spiro atoms. The minimum Gasteiger partial charge on any atom is -0.497 e. The molecule has 0 fully saturated rings. The molecule has 2 amide bonds. The fourth-order valence-electron chi connectivity index (χ4n) is 4.06. The molecule has 36 heavy (non-hydrogen) atoms. The van der Waals surface area contributed by atoms with Gasteiger partial charge in [0.1, 0.15) is 11.4 Å². The molecule has 2 heterocycles. The van der Waals surface area contributed by atoms with Crippen LogP contribution < -0.4 is 15.4 Å². The molecule has 9 heteroatoms. The van der Waals surface area contributed by atoms with Crippen LogP contribution in [0.25, 0.3) is 22.6 Å². The fourth-order valence-corrected chi connectivity index (χ4v) is 4.06. The minimum atomic E-state index is -0.290. The topological polar surface area (TPSA) is 107 Å². The molecule has 2 aromatic carbocycles. The van der Waals surface area contributed by atoms with E-state index in [1.165, 1.54) is 6.92 Å². The summed E-state index contributed by atoms with van der Waals surface area (Å²) in [6.45, 7) is 4.22. The van der Waals surface area contributed by atoms with Gasteiger partial charge < -0.3 is 24.7 Å². The van der Waals surface area contributed by atoms with Crippen molar-refractivity contribution in [3.05, 3.63) is 71.9 Å². The first kappa shape index (κ1) is 24.9. The first-order valence-electron chi connectivity index (χ1n) is 11.6. The van der Waals surface area contributed by atoms with E-state index in [2.05, 4.69) is 15.6 Å². The second-order valence-corrected chi connectivity index (χ2v) is 8.34. The van der Waals surface area contributed by atoms with E-state index in [9.17, 15) is 9.59 Å². The van der Waals surface area contributed by atoms with Crippen molar-refractivity contribution < 1.29 is 19.1 Å². The summed E-state index contributed by atoms with van der Waals surface area (Å²) in [5.74, 6) is 0.823. The van der Waals surface area contributed by atoms with Crippen molar-refractivity contribution in [2.24, 2.45) is 0 Å². The Balaban J connectivity index is 1.81. The molecular weight excluding hydrogens is 458 g/mol. The van der Waals surface area contributed by atoms with Gasteiger partial charge in [-0.15, -0.1) is 0 Å². The molecule has 0 aliphatic rings. The first-order valence-corrected chi connectivity index (χ1v) is 11.6. The van der Waals surface area contributed by atoms with Crippen molar-refractivity contribution in [1.29, 1.82) is 0 Å². The van der Waals surface area contributed by atoms with Crippen molar-refractivity contribution in [1.82, 2.24) is 19.9 Å². The van der Waals surface area contributed by atoms with Crippen molar-refractivity contribution in [3.63, 3.8) is 0 Å². The Morgan fingerprint density at radius 1 is 1.08 bits per heavy atom. The SMILES string of the molecule is COCCn1c(-c2ccccn2)nc2cc(NC(C)=O)cc(C(=O)N[C@H](C)c3ccc(OC)cc3)c21. The highest BCUT2D eigenvalue weighted by Gasteiger charge is 2.22. The highest BCUT2D eigenvalue weighted by molar-refractivity contribution is 6.08. The summed E-state index contributed by atoms with van der Waals surface area (Å²) in [4.78, 5) is 34.7. The highest BCUT2D eigenvalue weighted by atomic mass is 16.5. The Morgan fingerprint density at radius 2 is 1.86 bits per heavy atom. The molecule has 4 aromatic rings. The smallest absolute Gasteiger partial charge is 0.254 e. The monoisotopic (exact) mass is 487 g/mol. The maximum absolute atomic E-state index is 13.6. The number of imidazole rings is 1. The van der Waals surface area contributed by atoms with Gasteiger partial charge in [-0.2, -0.15) is 0 Å². The lowest BCUT2D eigenvalue weighted by Gasteiger charge is -2.17. The van der Waals surface area contributed by atoms with Crippen LogP contribution in [0.2, 0.25) is 0 Å². The van der Waals surface area contributed by atoms with Crippen molar-refractivity contribution in [2.45, 2.75) is 26.4 Å². The summed E-state index contributed by atoms with van der Waals surface area (Å²) in [7, 11) is 3.23. The van der Waals surface area contributed by atoms with E-state index in [1.54, 1.807) is 32.5 Å². The molecule has 9 nitrogen and oxygen atoms in total. The molecular formula is C27H29N5O4. The van der Waals surface area contributed by atoms with Gasteiger partial charge in [0, 0.05) is 32.5 Å². The highest BCUT2D eigenvalue weighted by Crippen LogP contribution is 2.30. The van der Waals surface area contributed by atoms with Crippen molar-refractivity contribution in [3.8, 4) is 17.3 Å². The number of carbonyl (C=O) groups excluding carboxylic acids is 2. The second kappa shape index (κ2) is 11.0. The fraction of sp³-hybridized carbons (Fsp3) is 0.259. The van der Waals surface area contributed by atoms with E-state index in [4.69, 9.17) is 14.5 Å². The largest absolute Gasteiger partial charge is 0.497 e. The van der Waals surface area contributed by atoms with E-state index in [0.717, 1.165) is 11.3 Å². The first-order chi connectivity index (χ1) is 17.4. The van der Waals surface area contributed by atoms with Crippen LogP contribution in [0.4, 0.5) is 5.69 Å². The summed E-state index contributed by atoms with van der Waals surface area (Å²) in [5.41, 5.74) is 3.69. The lowest BCUT2D eigenvalue weighted by molar-refractivity contribution is -0.114. The average molecular weight is 488 g/mol. The number of nitrogens with zero attached hydrogens (tertiary/aromatic N) is 3. The maximum atomic E-state index is 13.6. The van der Waals surface area contributed by atoms with Crippen molar-refractivity contribution in [2.75, 3.05) is 26.1 Å². The summed E-state index contributed by atoms with van der Waals surface area (Å²) < 4.78 is 12.5. The number of methoxy groups -OCH3 is 2. The van der Waals surface area contributed by atoms with Gasteiger partial charge >= 0.3 is 0 Å². The van der Waals surface area contributed by atoms with Gasteiger partial charge in [-0.3, -0.25) is 14.6 Å². The number of aromatic nitrogens is 3. The van der Waals surface area contributed by atoms with Gasteiger partial charge in [0.05, 0.1) is 36.4 Å². The molecule has 0 radical (unpaired) electrons. The zero-order valence-corrected chi connectivity index (χ0v) is 20.7. The van der Waals surface area contributed by atoms with Crippen LogP contribution in [-0.2, 0) is 16.1 Å². The second-order valence-electron chi connectivity index (χ2n) is 8.34. The summed E-state index contributed by atoms with van der Waals surface area (Å²) in [6, 6.07) is 16.3. The van der Waals surface area contributed by atoms with Crippen LogP contribution in [0.5, 0.6) is 5.75 Å². The van der Waals surface area contributed by atoms with Crippen LogP contribution in [0.1, 0.15) is 35.8 Å². The quantitative estimate of drug-likeness (QED) is 0.366. The molecule has 2 aromatic heterocycles. The number of carbonyl (C=O) groups is 2. The van der Waals surface area contributed by atoms with Gasteiger partial charge in [0.15, 0.2) is 5.82 Å². The van der Waals surface area contributed by atoms with E-state index in [0.29, 0.717) is 47.0 Å². The molecule has 186 valence electrons. The third kappa shape index (κ3) is 5.36. The van der Waals surface area contributed by atoms with Crippen LogP contribution in [0.3, 0.4) is 0 Å². The molecule has 1 atom stereocenters. The van der Waals surface area contributed by atoms with Crippen LogP contribution in [-0.4, -0.2) is 47.2 Å². The number of hydrogen-bond acceptors (Lipinski definition) is 6. The number of nitrogens with one attached hydrogen (secondary N) is 2. The average Bonchev–Trinajstić information content (AvgIpc) is 3.25. The Kier molecular flexibility index (Phi) is 7.60. The number of fused-ring (bicyclic) bond motifs is 1. The lowest BCUT2D eigenvalue weighted by Crippen LogP contribution is -2.27. The summed E-state index contributed by atoms with van der Waals surface area (Å²) >= 11 is 0. The predicted octanol–water partition coefficient (Wildman–Crippen LogP) is 4.20. The van der Waals surface area contributed by atoms with E-state index in [1.807, 2.05) is 54.0 Å². The number of amides is 2. The third-order valence-corrected chi connectivity index (χ3v) is 5.78. The zero-order chi connectivity index (χ0) is 25.7. The third-order valence-electron chi connectivity index (χ3n) is 5.78. The molecule has 2 N–H and O–H groups in total. The van der Waals surface area contributed by atoms with E-state index >= 15 is 0 Å². The standard InChI is InChI=1S/C27H29N5O4/c1-17(19-8-10-21(36-4)11-9-19)29-27(34)22-15-20(30-18(2)33)16-24-25(22)32(13-14-35-3)26(31-24)23-7-5-6-12-28-23/h5-12,15-17H,13-14H2,1-4H3,(H,29,34)(H,30,33)/t17-/m1/s1. The zero-order valence-electron chi connectivity index (χ0n) is 20.7. The van der Waals surface area contributed by atoms with Gasteiger partial charge in [0.2, 0.25) is 5.91 Å². The number of anilines is 1. The van der Waals surface area contributed by atoms with E-state index < -0.39 is 0 Å². The Hall–Kier alpha value is -4.24. The summed E-state index contributed by atoms with van der Waals surface area (Å²) in [5, 5.41) is 5.85. The summed E-state index contributed by atoms with van der Waals surface area (Å²) in [6.07, 6.45) is 1.70. The van der Waals surface area contributed by atoms with Gasteiger partial charge in [0.25, 0.3) is 5.91 Å². The van der Waals surface area contributed by atoms with Crippen LogP contribution in [0.15, 0.2) is 60.8 Å². The molecule has 0 aliphatic heterocycles. The normalized spacial score (nSPS) is 11.8. The van der Waals surface area contributed by atoms with Gasteiger partial charge in [-0.05, 0) is 48.9 Å². The van der Waals surface area contributed by atoms with Crippen LogP contribution in [0, 0.1) is 0 Å². The number of hydrogen-bond donors (Lipinski definition) is 2. The molecule has 0 saturated heterocycles. The number of rotatable bonds is 9. The molecule has 0 saturated carbocycles. The van der Waals surface area contributed by atoms with Crippen molar-refractivity contribution >= 4 is 28.5 Å². The molecule has 0 aliphatic carbocycles. The Morgan fingerprint density at radius 3 is 2.50 bits per heavy atom. The Labute approximate surface area is 209 Å². The molecule has 0 unspecified atom stereocenters. The minimum absolute atomic E-state index is 0.240. The number of pyridine rings is 1. The lowest BCUT2D eigenvalue weighted by atomic mass is 10.1. The molecule has 0 bridgehead atoms. The predicted molar refractivity (Wildman–Crippen MR) is 138 cm³/mol. The number of benzene rings is 2. The Bertz CT molecular complexity index is 1370. The van der Waals surface area contributed by atoms with Gasteiger partial charge in [-0.25, -0.2) is 4.98 Å². The molecule has 4 rings (SSSR count). The van der Waals surface area contributed by atoms with E-state index in [-0.39, 0.29) is 17.9 Å².